The van der Waals surface area contributed by atoms with Gasteiger partial charge in [0.2, 0.25) is 0 Å². The first-order valence-electron chi connectivity index (χ1n) is 0.123. The van der Waals surface area contributed by atoms with Crippen molar-refractivity contribution in [2.24, 2.45) is 0 Å². The van der Waals surface area contributed by atoms with Crippen molar-refractivity contribution in [2.45, 2.75) is 0 Å². The minimum atomic E-state index is 0. The monoisotopic (exact) mass is 240 g/mol. The van der Waals surface area contributed by atoms with E-state index in [0.29, 0.717) is 0 Å². The minimum absolute atomic E-state index is 0. The van der Waals surface area contributed by atoms with Crippen molar-refractivity contribution >= 4 is 0 Å². The molecule has 0 aliphatic carbocycles. The summed E-state index contributed by atoms with van der Waals surface area (Å²) in [7, 11) is 0. The molecule has 0 aromatic rings. The van der Waals surface area contributed by atoms with Crippen molar-refractivity contribution < 1.29 is 57.9 Å². The zero-order chi connectivity index (χ0) is 2.00. The van der Waals surface area contributed by atoms with Crippen LogP contribution in [0.4, 0.5) is 0 Å². The van der Waals surface area contributed by atoms with Gasteiger partial charge < -0.3 is 0 Å². The summed E-state index contributed by atoms with van der Waals surface area (Å²) in [6.45, 7) is 0. The van der Waals surface area contributed by atoms with E-state index in [-0.39, 0.29) is 38.1 Å². The molecule has 0 amide bonds. The summed E-state index contributed by atoms with van der Waals surface area (Å²) < 4.78 is 7.81. The average Bonchev–Trinajstić information content (AvgIpc) is 1.00. The zero-order valence-electron chi connectivity index (χ0n) is 1.42. The third-order valence-corrected chi connectivity index (χ3v) is 0. The molecule has 0 heterocycles. The van der Waals surface area contributed by atoms with E-state index in [9.17, 15) is 0 Å². The Labute approximate surface area is 57.7 Å². The van der Waals surface area contributed by atoms with E-state index in [1.54, 1.807) is 0 Å². The molecule has 0 fully saturated rings. The van der Waals surface area contributed by atoms with E-state index in [4.69, 9.17) is 3.83 Å². The van der Waals surface area contributed by atoms with E-state index >= 15 is 0 Å². The molecule has 0 unspecified atom stereocenters. The maximum absolute atomic E-state index is 7.81. The number of hydrogen-bond donors (Lipinski definition) is 0. The van der Waals surface area contributed by atoms with Gasteiger partial charge in [0.25, 0.3) is 0 Å². The number of rotatable bonds is 0. The molecule has 0 aliphatic rings. The summed E-state index contributed by atoms with van der Waals surface area (Å²) in [5.74, 6) is 0. The van der Waals surface area contributed by atoms with Crippen molar-refractivity contribution in [1.82, 2.24) is 0 Å². The molecular formula is Cu2MoO. The van der Waals surface area contributed by atoms with Crippen LogP contribution in [-0.4, -0.2) is 0 Å². The number of hydrogen-bond acceptors (Lipinski definition) is 1. The Kier molecular flexibility index (Phi) is 107. The Hall–Kier alpha value is 1.53. The molecule has 0 rings (SSSR count). The van der Waals surface area contributed by atoms with Gasteiger partial charge in [0, 0.05) is 38.1 Å². The van der Waals surface area contributed by atoms with Crippen molar-refractivity contribution in [3.05, 3.63) is 0 Å². The van der Waals surface area contributed by atoms with Crippen LogP contribution in [0.15, 0.2) is 0 Å². The van der Waals surface area contributed by atoms with Crippen LogP contribution < -0.4 is 0 Å². The van der Waals surface area contributed by atoms with Crippen molar-refractivity contribution in [3.8, 4) is 0 Å². The molecule has 4 heteroatoms. The molecule has 1 radical (unpaired) electrons. The molecule has 0 saturated heterocycles. The first-order chi connectivity index (χ1) is 1.00. The van der Waals surface area contributed by atoms with Crippen LogP contribution >= 0.6 is 0 Å². The first-order valence-corrected chi connectivity index (χ1v) is 0.508. The maximum atomic E-state index is 7.81. The van der Waals surface area contributed by atoms with Gasteiger partial charge in [-0.2, -0.15) is 0 Å². The third kappa shape index (κ3) is 9.66. The van der Waals surface area contributed by atoms with E-state index in [1.807, 2.05) is 0 Å². The Balaban J connectivity index is -0.00000000500. The fourth-order valence-corrected chi connectivity index (χ4v) is 0. The predicted molar refractivity (Wildman–Crippen MR) is 0.686 cm³/mol. The Morgan fingerprint density at radius 2 is 1.25 bits per heavy atom. The third-order valence-electron chi connectivity index (χ3n) is 0. The molecule has 0 bridgehead atoms. The molecule has 0 spiro atoms. The standard InChI is InChI=1S/2Cu.Mo.O. The van der Waals surface area contributed by atoms with E-state index in [0.717, 1.165) is 0 Å². The molecule has 1 nitrogen and oxygen atoms in total. The van der Waals surface area contributed by atoms with Crippen molar-refractivity contribution in [3.63, 3.8) is 0 Å². The second-order valence-corrected chi connectivity index (χ2v) is 0. The quantitative estimate of drug-likeness (QED) is 0.538. The van der Waals surface area contributed by atoms with Gasteiger partial charge in [0.05, 0.1) is 0 Å². The van der Waals surface area contributed by atoms with Gasteiger partial charge in [-0.15, -0.1) is 0 Å². The molecule has 0 N–H and O–H groups in total. The zero-order valence-corrected chi connectivity index (χ0v) is 5.31. The molecule has 0 atom stereocenters. The van der Waals surface area contributed by atoms with E-state index < -0.39 is 0 Å². The van der Waals surface area contributed by atoms with Crippen LogP contribution in [0.25, 0.3) is 0 Å². The van der Waals surface area contributed by atoms with Gasteiger partial charge in [-0.3, -0.25) is 0 Å². The second kappa shape index (κ2) is 24.1. The Bertz CT molecular complexity index is 6.00. The second-order valence-electron chi connectivity index (χ2n) is 0. The summed E-state index contributed by atoms with van der Waals surface area (Å²) in [4.78, 5) is 0. The van der Waals surface area contributed by atoms with Gasteiger partial charge in [-0.05, 0) is 0 Å². The summed E-state index contributed by atoms with van der Waals surface area (Å²) in [5, 5.41) is 0. The topological polar surface area (TPSA) is 17.1 Å². The van der Waals surface area contributed by atoms with Crippen LogP contribution in [0.1, 0.15) is 0 Å². The van der Waals surface area contributed by atoms with Gasteiger partial charge in [0.15, 0.2) is 0 Å². The molecule has 34 valence electrons. The SMILES string of the molecule is [Cu].[Mo].[O]=[Cu]. The Morgan fingerprint density at radius 3 is 1.25 bits per heavy atom. The normalized spacial score (nSPS) is 1.50. The van der Waals surface area contributed by atoms with E-state index in [2.05, 4.69) is 15.9 Å². The van der Waals surface area contributed by atoms with Crippen molar-refractivity contribution in [1.29, 1.82) is 0 Å². The Morgan fingerprint density at radius 1 is 1.25 bits per heavy atom. The summed E-state index contributed by atoms with van der Waals surface area (Å²) >= 11 is 2.94. The van der Waals surface area contributed by atoms with E-state index in [1.165, 1.54) is 0 Å². The molecular weight excluding hydrogens is 239 g/mol. The summed E-state index contributed by atoms with van der Waals surface area (Å²) in [6, 6.07) is 0. The van der Waals surface area contributed by atoms with Gasteiger partial charge >= 0.3 is 19.8 Å². The van der Waals surface area contributed by atoms with Gasteiger partial charge in [-0.25, -0.2) is 0 Å². The van der Waals surface area contributed by atoms with Gasteiger partial charge in [0.1, 0.15) is 0 Å². The fourth-order valence-electron chi connectivity index (χ4n) is 0. The predicted octanol–water partition coefficient (Wildman–Crippen LogP) is -0.126. The van der Waals surface area contributed by atoms with Gasteiger partial charge in [-0.1, -0.05) is 0 Å². The van der Waals surface area contributed by atoms with Crippen LogP contribution in [0.2, 0.25) is 0 Å². The van der Waals surface area contributed by atoms with Crippen molar-refractivity contribution in [2.75, 3.05) is 0 Å². The molecule has 4 heavy (non-hydrogen) atoms. The first kappa shape index (κ1) is 17.7. The molecule has 0 aromatic carbocycles. The van der Waals surface area contributed by atoms with Crippen LogP contribution in [0.3, 0.4) is 0 Å². The molecule has 0 saturated carbocycles. The summed E-state index contributed by atoms with van der Waals surface area (Å²) in [6.07, 6.45) is 0. The van der Waals surface area contributed by atoms with Crippen LogP contribution in [0.5, 0.6) is 0 Å². The summed E-state index contributed by atoms with van der Waals surface area (Å²) in [5.41, 5.74) is 0. The molecule has 0 aliphatic heterocycles. The van der Waals surface area contributed by atoms with Crippen LogP contribution in [0, 0.1) is 0 Å². The average molecular weight is 239 g/mol. The fraction of sp³-hybridized carbons (Fsp3) is 0. The molecule has 0 aromatic heterocycles. The van der Waals surface area contributed by atoms with Crippen LogP contribution in [-0.2, 0) is 57.9 Å².